The van der Waals surface area contributed by atoms with Crippen molar-refractivity contribution in [3.63, 3.8) is 0 Å². The van der Waals surface area contributed by atoms with Crippen LogP contribution in [-0.4, -0.2) is 41.4 Å². The molecule has 3 amide bonds. The Kier molecular flexibility index (Phi) is 7.61. The van der Waals surface area contributed by atoms with Gasteiger partial charge in [0.1, 0.15) is 16.7 Å². The lowest BCUT2D eigenvalue weighted by Crippen LogP contribution is -2.45. The van der Waals surface area contributed by atoms with Crippen molar-refractivity contribution in [1.82, 2.24) is 9.69 Å². The van der Waals surface area contributed by atoms with Gasteiger partial charge in [-0.2, -0.15) is 4.37 Å². The fraction of sp³-hybridized carbons (Fsp3) is 0.280. The molecule has 1 saturated heterocycles. The minimum absolute atomic E-state index is 0.0582. The third kappa shape index (κ3) is 5.37. The zero-order valence-corrected chi connectivity index (χ0v) is 20.4. The maximum Gasteiger partial charge on any atom is 0.273 e. The molecule has 4 rings (SSSR count). The molecule has 2 atom stereocenters. The number of carbonyl (C=O) groups is 3. The number of anilines is 2. The van der Waals surface area contributed by atoms with Crippen molar-refractivity contribution in [2.45, 2.75) is 31.9 Å². The number of nitrogens with zero attached hydrogens (tertiary/aromatic N) is 2. The first-order valence-corrected chi connectivity index (χ1v) is 12.1. The molecule has 0 unspecified atom stereocenters. The van der Waals surface area contributed by atoms with Gasteiger partial charge in [-0.1, -0.05) is 29.8 Å². The van der Waals surface area contributed by atoms with Gasteiger partial charge >= 0.3 is 0 Å². The fourth-order valence-corrected chi connectivity index (χ4v) is 4.75. The van der Waals surface area contributed by atoms with E-state index >= 15 is 0 Å². The number of aryl methyl sites for hydroxylation is 1. The summed E-state index contributed by atoms with van der Waals surface area (Å²) in [6.45, 7) is 2.82. The highest BCUT2D eigenvalue weighted by atomic mass is 32.1. The first-order chi connectivity index (χ1) is 17.3. The number of nitrogens with two attached hydrogens (primary N) is 2. The molecule has 36 heavy (non-hydrogen) atoms. The third-order valence-electron chi connectivity index (χ3n) is 5.91. The maximum atomic E-state index is 13.9. The van der Waals surface area contributed by atoms with E-state index in [1.807, 2.05) is 19.1 Å². The molecule has 1 aliphatic heterocycles. The molecule has 9 nitrogen and oxygen atoms in total. The fourth-order valence-electron chi connectivity index (χ4n) is 4.01. The molecule has 188 valence electrons. The Hall–Kier alpha value is -3.83. The highest BCUT2D eigenvalue weighted by Crippen LogP contribution is 2.33. The van der Waals surface area contributed by atoms with Crippen LogP contribution in [0.1, 0.15) is 50.2 Å². The lowest BCUT2D eigenvalue weighted by molar-refractivity contribution is -0.123. The SMILES string of the molecule is Cc1ccc([C@@H](C(=O)NC[C@H]2CCCO2)N(C(=O)c2snc(C(N)=O)c2N)c2ccc(F)cc2)cc1. The number of benzene rings is 2. The van der Waals surface area contributed by atoms with E-state index in [0.717, 1.165) is 18.4 Å². The van der Waals surface area contributed by atoms with Crippen molar-refractivity contribution in [2.75, 3.05) is 23.8 Å². The largest absolute Gasteiger partial charge is 0.395 e. The van der Waals surface area contributed by atoms with Crippen LogP contribution in [0.15, 0.2) is 48.5 Å². The van der Waals surface area contributed by atoms with Crippen LogP contribution >= 0.6 is 11.5 Å². The standard InChI is InChI=1S/C25H26FN5O4S/c1-14-4-6-15(7-5-14)21(24(33)29-13-18-3-2-12-35-18)31(17-10-8-16(26)9-11-17)25(34)22-19(27)20(23(28)32)30-36-22/h4-11,18,21H,2-3,12-13,27H2,1H3,(H2,28,32)(H,29,33)/t18-,21+/m1/s1. The van der Waals surface area contributed by atoms with Crippen LogP contribution in [0.25, 0.3) is 0 Å². The molecule has 0 bridgehead atoms. The number of carbonyl (C=O) groups excluding carboxylic acids is 3. The van der Waals surface area contributed by atoms with Crippen LogP contribution in [0.2, 0.25) is 0 Å². The van der Waals surface area contributed by atoms with Crippen molar-refractivity contribution in [3.05, 3.63) is 76.0 Å². The van der Waals surface area contributed by atoms with E-state index in [2.05, 4.69) is 9.69 Å². The van der Waals surface area contributed by atoms with Gasteiger partial charge in [-0.3, -0.25) is 19.3 Å². The number of rotatable bonds is 8. The predicted molar refractivity (Wildman–Crippen MR) is 134 cm³/mol. The molecular formula is C25H26FN5O4S. The molecule has 0 radical (unpaired) electrons. The summed E-state index contributed by atoms with van der Waals surface area (Å²) in [5, 5.41) is 2.89. The molecule has 1 aliphatic rings. The Morgan fingerprint density at radius 1 is 1.19 bits per heavy atom. The molecular weight excluding hydrogens is 485 g/mol. The molecule has 2 heterocycles. The summed E-state index contributed by atoms with van der Waals surface area (Å²) in [4.78, 5) is 40.4. The normalized spacial score (nSPS) is 15.9. The Balaban J connectivity index is 1.79. The summed E-state index contributed by atoms with van der Waals surface area (Å²) >= 11 is 0.706. The van der Waals surface area contributed by atoms with E-state index in [9.17, 15) is 18.8 Å². The van der Waals surface area contributed by atoms with Crippen molar-refractivity contribution >= 4 is 40.6 Å². The lowest BCUT2D eigenvalue weighted by atomic mass is 10.0. The monoisotopic (exact) mass is 511 g/mol. The zero-order chi connectivity index (χ0) is 25.8. The van der Waals surface area contributed by atoms with E-state index in [1.165, 1.54) is 29.2 Å². The first-order valence-electron chi connectivity index (χ1n) is 11.4. The predicted octanol–water partition coefficient (Wildman–Crippen LogP) is 2.96. The van der Waals surface area contributed by atoms with Crippen LogP contribution in [0.4, 0.5) is 15.8 Å². The Morgan fingerprint density at radius 2 is 1.89 bits per heavy atom. The number of primary amides is 1. The molecule has 11 heteroatoms. The highest BCUT2D eigenvalue weighted by Gasteiger charge is 2.36. The quantitative estimate of drug-likeness (QED) is 0.425. The number of aromatic nitrogens is 1. The Morgan fingerprint density at radius 3 is 2.47 bits per heavy atom. The number of hydrogen-bond acceptors (Lipinski definition) is 7. The lowest BCUT2D eigenvalue weighted by Gasteiger charge is -2.31. The van der Waals surface area contributed by atoms with Gasteiger partial charge in [-0.15, -0.1) is 0 Å². The summed E-state index contributed by atoms with van der Waals surface area (Å²) < 4.78 is 23.3. The van der Waals surface area contributed by atoms with E-state index < -0.39 is 29.6 Å². The minimum atomic E-state index is -1.14. The number of ether oxygens (including phenoxy) is 1. The molecule has 5 N–H and O–H groups in total. The number of halogens is 1. The second-order valence-electron chi connectivity index (χ2n) is 8.48. The van der Waals surface area contributed by atoms with Crippen LogP contribution < -0.4 is 21.7 Å². The van der Waals surface area contributed by atoms with Crippen LogP contribution in [0, 0.1) is 12.7 Å². The van der Waals surface area contributed by atoms with Crippen molar-refractivity contribution in [3.8, 4) is 0 Å². The van der Waals surface area contributed by atoms with Gasteiger partial charge in [0.15, 0.2) is 5.69 Å². The van der Waals surface area contributed by atoms with Gasteiger partial charge in [0, 0.05) is 18.8 Å². The molecule has 0 aliphatic carbocycles. The average Bonchev–Trinajstić information content (AvgIpc) is 3.52. The number of hydrogen-bond donors (Lipinski definition) is 3. The van der Waals surface area contributed by atoms with Gasteiger partial charge in [0.25, 0.3) is 11.8 Å². The van der Waals surface area contributed by atoms with E-state index in [-0.39, 0.29) is 34.6 Å². The minimum Gasteiger partial charge on any atom is -0.395 e. The summed E-state index contributed by atoms with van der Waals surface area (Å²) in [5.74, 6) is -2.51. The first kappa shape index (κ1) is 25.3. The third-order valence-corrected chi connectivity index (χ3v) is 6.76. The van der Waals surface area contributed by atoms with Crippen LogP contribution in [0.5, 0.6) is 0 Å². The van der Waals surface area contributed by atoms with Crippen molar-refractivity contribution < 1.29 is 23.5 Å². The van der Waals surface area contributed by atoms with E-state index in [1.54, 1.807) is 12.1 Å². The highest BCUT2D eigenvalue weighted by molar-refractivity contribution is 7.09. The van der Waals surface area contributed by atoms with Gasteiger partial charge in [-0.25, -0.2) is 4.39 Å². The molecule has 0 spiro atoms. The number of amides is 3. The molecule has 3 aromatic rings. The molecule has 1 fully saturated rings. The van der Waals surface area contributed by atoms with Gasteiger partial charge in [-0.05, 0) is 61.1 Å². The molecule has 1 aromatic heterocycles. The summed E-state index contributed by atoms with van der Waals surface area (Å²) in [7, 11) is 0. The smallest absolute Gasteiger partial charge is 0.273 e. The second-order valence-corrected chi connectivity index (χ2v) is 9.26. The molecule has 0 saturated carbocycles. The van der Waals surface area contributed by atoms with E-state index in [0.29, 0.717) is 23.7 Å². The number of nitrogen functional groups attached to an aromatic ring is 1. The summed E-state index contributed by atoms with van der Waals surface area (Å²) in [5.41, 5.74) is 12.7. The topological polar surface area (TPSA) is 141 Å². The zero-order valence-electron chi connectivity index (χ0n) is 19.6. The average molecular weight is 512 g/mol. The van der Waals surface area contributed by atoms with Crippen molar-refractivity contribution in [1.29, 1.82) is 0 Å². The van der Waals surface area contributed by atoms with Crippen LogP contribution in [0.3, 0.4) is 0 Å². The summed E-state index contributed by atoms with van der Waals surface area (Å²) in [6, 6.07) is 11.2. The number of nitrogens with one attached hydrogen (secondary N) is 1. The Labute approximate surface area is 211 Å². The Bertz CT molecular complexity index is 1260. The van der Waals surface area contributed by atoms with Gasteiger partial charge < -0.3 is 21.5 Å². The second kappa shape index (κ2) is 10.8. The maximum absolute atomic E-state index is 13.9. The van der Waals surface area contributed by atoms with Gasteiger partial charge in [0.2, 0.25) is 5.91 Å². The molecule has 2 aromatic carbocycles. The summed E-state index contributed by atoms with van der Waals surface area (Å²) in [6.07, 6.45) is 1.62. The van der Waals surface area contributed by atoms with Crippen LogP contribution in [-0.2, 0) is 9.53 Å². The van der Waals surface area contributed by atoms with Gasteiger partial charge in [0.05, 0.1) is 11.8 Å². The van der Waals surface area contributed by atoms with Crippen molar-refractivity contribution in [2.24, 2.45) is 5.73 Å². The van der Waals surface area contributed by atoms with E-state index in [4.69, 9.17) is 16.2 Å².